The molecule has 5 heteroatoms. The maximum Gasteiger partial charge on any atom is 0.128 e. The molecule has 18 heavy (non-hydrogen) atoms. The number of hydrogen-bond donors (Lipinski definition) is 2. The third-order valence-corrected chi connectivity index (χ3v) is 3.49. The number of nitrogens with one attached hydrogen (secondary N) is 1. The summed E-state index contributed by atoms with van der Waals surface area (Å²) in [7, 11) is 0. The summed E-state index contributed by atoms with van der Waals surface area (Å²) in [5, 5.41) is 0.542. The van der Waals surface area contributed by atoms with Crippen LogP contribution in [-0.2, 0) is 0 Å². The Bertz CT molecular complexity index is 562. The fourth-order valence-corrected chi connectivity index (χ4v) is 2.42. The van der Waals surface area contributed by atoms with Crippen molar-refractivity contribution in [3.05, 3.63) is 68.9 Å². The Balaban J connectivity index is 2.52. The molecular weight excluding hydrogens is 319 g/mol. The highest BCUT2D eigenvalue weighted by Crippen LogP contribution is 2.30. The molecule has 0 heterocycles. The molecule has 94 valence electrons. The molecule has 0 radical (unpaired) electrons. The molecule has 2 aromatic carbocycles. The standard InChI is InChI=1S/C13H11BrClFN2/c14-8-5-6-12(16)10(7-8)13(18-17)9-3-1-2-4-11(9)15/h1-7,13,18H,17H2. The Kier molecular flexibility index (Phi) is 4.35. The van der Waals surface area contributed by atoms with E-state index in [9.17, 15) is 4.39 Å². The van der Waals surface area contributed by atoms with Gasteiger partial charge in [0.25, 0.3) is 0 Å². The first-order valence-electron chi connectivity index (χ1n) is 5.29. The molecule has 1 unspecified atom stereocenters. The number of halogens is 3. The lowest BCUT2D eigenvalue weighted by Gasteiger charge is -2.19. The van der Waals surface area contributed by atoms with Crippen LogP contribution in [-0.4, -0.2) is 0 Å². The van der Waals surface area contributed by atoms with E-state index in [1.165, 1.54) is 6.07 Å². The minimum atomic E-state index is -0.490. The molecule has 0 aliphatic heterocycles. The third-order valence-electron chi connectivity index (χ3n) is 2.65. The van der Waals surface area contributed by atoms with Crippen molar-refractivity contribution in [1.82, 2.24) is 5.43 Å². The van der Waals surface area contributed by atoms with E-state index < -0.39 is 6.04 Å². The summed E-state index contributed by atoms with van der Waals surface area (Å²) in [4.78, 5) is 0. The molecule has 0 aromatic heterocycles. The lowest BCUT2D eigenvalue weighted by Crippen LogP contribution is -2.29. The summed E-state index contributed by atoms with van der Waals surface area (Å²) < 4.78 is 14.6. The summed E-state index contributed by atoms with van der Waals surface area (Å²) in [6.45, 7) is 0. The van der Waals surface area contributed by atoms with Gasteiger partial charge >= 0.3 is 0 Å². The van der Waals surface area contributed by atoms with Gasteiger partial charge in [-0.25, -0.2) is 9.82 Å². The van der Waals surface area contributed by atoms with Gasteiger partial charge in [-0.05, 0) is 29.8 Å². The molecule has 0 amide bonds. The van der Waals surface area contributed by atoms with Crippen LogP contribution < -0.4 is 11.3 Å². The summed E-state index contributed by atoms with van der Waals surface area (Å²) in [5.74, 6) is 5.20. The predicted octanol–water partition coefficient (Wildman–Crippen LogP) is 3.79. The van der Waals surface area contributed by atoms with E-state index in [0.717, 1.165) is 10.0 Å². The molecule has 0 aliphatic carbocycles. The quantitative estimate of drug-likeness (QED) is 0.664. The highest BCUT2D eigenvalue weighted by Gasteiger charge is 2.19. The van der Waals surface area contributed by atoms with Gasteiger partial charge in [-0.3, -0.25) is 5.84 Å². The number of benzene rings is 2. The first kappa shape index (κ1) is 13.5. The zero-order valence-electron chi connectivity index (χ0n) is 9.33. The van der Waals surface area contributed by atoms with E-state index in [0.29, 0.717) is 10.6 Å². The van der Waals surface area contributed by atoms with Gasteiger partial charge in [0.05, 0.1) is 6.04 Å². The highest BCUT2D eigenvalue weighted by atomic mass is 79.9. The second kappa shape index (κ2) is 5.80. The SMILES string of the molecule is NNC(c1cc(Br)ccc1F)c1ccccc1Cl. The summed E-state index contributed by atoms with van der Waals surface area (Å²) in [5.41, 5.74) is 3.78. The topological polar surface area (TPSA) is 38.0 Å². The smallest absolute Gasteiger partial charge is 0.128 e. The van der Waals surface area contributed by atoms with E-state index in [1.54, 1.807) is 18.2 Å². The first-order valence-corrected chi connectivity index (χ1v) is 6.46. The van der Waals surface area contributed by atoms with Crippen LogP contribution >= 0.6 is 27.5 Å². The fraction of sp³-hybridized carbons (Fsp3) is 0.0769. The minimum absolute atomic E-state index is 0.332. The Morgan fingerprint density at radius 2 is 1.89 bits per heavy atom. The van der Waals surface area contributed by atoms with Crippen molar-refractivity contribution in [2.24, 2.45) is 5.84 Å². The Labute approximate surface area is 118 Å². The minimum Gasteiger partial charge on any atom is -0.271 e. The lowest BCUT2D eigenvalue weighted by atomic mass is 9.99. The van der Waals surface area contributed by atoms with Gasteiger partial charge < -0.3 is 0 Å². The molecule has 0 bridgehead atoms. The van der Waals surface area contributed by atoms with Crippen molar-refractivity contribution in [1.29, 1.82) is 0 Å². The molecule has 2 aromatic rings. The molecule has 1 atom stereocenters. The summed E-state index contributed by atoms with van der Waals surface area (Å²) in [6, 6.07) is 11.4. The van der Waals surface area contributed by atoms with E-state index in [-0.39, 0.29) is 5.82 Å². The van der Waals surface area contributed by atoms with Crippen LogP contribution in [0.15, 0.2) is 46.9 Å². The predicted molar refractivity (Wildman–Crippen MR) is 74.7 cm³/mol. The average molecular weight is 330 g/mol. The van der Waals surface area contributed by atoms with Crippen LogP contribution in [0.5, 0.6) is 0 Å². The number of nitrogens with two attached hydrogens (primary N) is 1. The largest absolute Gasteiger partial charge is 0.271 e. The second-order valence-electron chi connectivity index (χ2n) is 3.79. The molecule has 3 N–H and O–H groups in total. The Morgan fingerprint density at radius 3 is 2.56 bits per heavy atom. The number of hydrazine groups is 1. The van der Waals surface area contributed by atoms with Crippen LogP contribution in [0.3, 0.4) is 0 Å². The maximum absolute atomic E-state index is 13.9. The average Bonchev–Trinajstić information content (AvgIpc) is 2.36. The molecular formula is C13H11BrClFN2. The van der Waals surface area contributed by atoms with Crippen molar-refractivity contribution >= 4 is 27.5 Å². The van der Waals surface area contributed by atoms with Crippen LogP contribution in [0.4, 0.5) is 4.39 Å². The van der Waals surface area contributed by atoms with Crippen LogP contribution in [0.25, 0.3) is 0 Å². The first-order chi connectivity index (χ1) is 8.63. The fourth-order valence-electron chi connectivity index (χ4n) is 1.79. The molecule has 0 spiro atoms. The summed E-state index contributed by atoms with van der Waals surface area (Å²) in [6.07, 6.45) is 0. The van der Waals surface area contributed by atoms with Crippen LogP contribution in [0.1, 0.15) is 17.2 Å². The van der Waals surface area contributed by atoms with Gasteiger partial charge in [0.1, 0.15) is 5.82 Å². The van der Waals surface area contributed by atoms with Crippen molar-refractivity contribution in [3.63, 3.8) is 0 Å². The van der Waals surface area contributed by atoms with E-state index in [1.807, 2.05) is 18.2 Å². The second-order valence-corrected chi connectivity index (χ2v) is 5.11. The molecule has 0 fully saturated rings. The van der Waals surface area contributed by atoms with E-state index >= 15 is 0 Å². The normalized spacial score (nSPS) is 12.4. The third kappa shape index (κ3) is 2.72. The van der Waals surface area contributed by atoms with Gasteiger partial charge in [0.15, 0.2) is 0 Å². The van der Waals surface area contributed by atoms with Gasteiger partial charge in [0.2, 0.25) is 0 Å². The molecule has 2 rings (SSSR count). The Morgan fingerprint density at radius 1 is 1.17 bits per heavy atom. The van der Waals surface area contributed by atoms with Crippen molar-refractivity contribution in [2.75, 3.05) is 0 Å². The summed E-state index contributed by atoms with van der Waals surface area (Å²) >= 11 is 9.43. The molecule has 2 nitrogen and oxygen atoms in total. The Hall–Kier alpha value is -0.940. The van der Waals surface area contributed by atoms with Crippen molar-refractivity contribution in [2.45, 2.75) is 6.04 Å². The number of hydrogen-bond acceptors (Lipinski definition) is 2. The van der Waals surface area contributed by atoms with Gasteiger partial charge in [-0.2, -0.15) is 0 Å². The highest BCUT2D eigenvalue weighted by molar-refractivity contribution is 9.10. The van der Waals surface area contributed by atoms with Gasteiger partial charge in [-0.15, -0.1) is 0 Å². The molecule has 0 saturated carbocycles. The zero-order chi connectivity index (χ0) is 13.1. The van der Waals surface area contributed by atoms with Crippen molar-refractivity contribution < 1.29 is 4.39 Å². The maximum atomic E-state index is 13.9. The number of rotatable bonds is 3. The monoisotopic (exact) mass is 328 g/mol. The van der Waals surface area contributed by atoms with E-state index in [4.69, 9.17) is 17.4 Å². The molecule has 0 saturated heterocycles. The zero-order valence-corrected chi connectivity index (χ0v) is 11.7. The van der Waals surface area contributed by atoms with Crippen LogP contribution in [0.2, 0.25) is 5.02 Å². The lowest BCUT2D eigenvalue weighted by molar-refractivity contribution is 0.560. The van der Waals surface area contributed by atoms with Crippen LogP contribution in [0, 0.1) is 5.82 Å². The van der Waals surface area contributed by atoms with Gasteiger partial charge in [0, 0.05) is 15.1 Å². The van der Waals surface area contributed by atoms with Crippen molar-refractivity contribution in [3.8, 4) is 0 Å². The van der Waals surface area contributed by atoms with E-state index in [2.05, 4.69) is 21.4 Å². The molecule has 0 aliphatic rings. The van der Waals surface area contributed by atoms with Gasteiger partial charge in [-0.1, -0.05) is 45.7 Å².